The lowest BCUT2D eigenvalue weighted by Crippen LogP contribution is -2.44. The highest BCUT2D eigenvalue weighted by molar-refractivity contribution is 6.17. The maximum Gasteiger partial charge on any atom is 0.347 e. The van der Waals surface area contributed by atoms with E-state index in [1.54, 1.807) is 19.1 Å². The van der Waals surface area contributed by atoms with E-state index in [1.807, 2.05) is 0 Å². The Hall–Kier alpha value is -2.37. The number of halogens is 1. The van der Waals surface area contributed by atoms with E-state index in [0.717, 1.165) is 18.4 Å². The van der Waals surface area contributed by atoms with E-state index in [1.165, 1.54) is 17.0 Å². The highest BCUT2D eigenvalue weighted by Gasteiger charge is 2.55. The Labute approximate surface area is 133 Å². The molecule has 1 aliphatic carbocycles. The van der Waals surface area contributed by atoms with E-state index >= 15 is 0 Å². The molecular weight excluding hydrogens is 301 g/mol. The van der Waals surface area contributed by atoms with E-state index in [0.29, 0.717) is 6.54 Å². The molecule has 0 radical (unpaired) electrons. The summed E-state index contributed by atoms with van der Waals surface area (Å²) in [7, 11) is 0. The largest absolute Gasteiger partial charge is 0.511 e. The van der Waals surface area contributed by atoms with Crippen LogP contribution >= 0.6 is 0 Å². The van der Waals surface area contributed by atoms with Gasteiger partial charge in [-0.15, -0.1) is 0 Å². The second-order valence-corrected chi connectivity index (χ2v) is 6.01. The molecule has 1 spiro atoms. The monoisotopic (exact) mass is 319 g/mol. The summed E-state index contributed by atoms with van der Waals surface area (Å²) in [5.74, 6) is -1.81. The van der Waals surface area contributed by atoms with Crippen LogP contribution < -0.4 is 0 Å². The van der Waals surface area contributed by atoms with Crippen LogP contribution in [0.1, 0.15) is 25.3 Å². The third-order valence-corrected chi connectivity index (χ3v) is 4.35. The van der Waals surface area contributed by atoms with Gasteiger partial charge in [0.25, 0.3) is 5.91 Å². The van der Waals surface area contributed by atoms with Gasteiger partial charge in [-0.05, 0) is 37.5 Å². The zero-order valence-corrected chi connectivity index (χ0v) is 12.8. The highest BCUT2D eigenvalue weighted by atomic mass is 19.1. The second-order valence-electron chi connectivity index (χ2n) is 6.01. The summed E-state index contributed by atoms with van der Waals surface area (Å²) < 4.78 is 17.9. The molecule has 3 rings (SSSR count). The van der Waals surface area contributed by atoms with E-state index < -0.39 is 17.3 Å². The van der Waals surface area contributed by atoms with E-state index in [4.69, 9.17) is 4.74 Å². The van der Waals surface area contributed by atoms with Gasteiger partial charge in [0, 0.05) is 18.5 Å². The fourth-order valence-electron chi connectivity index (χ4n) is 2.91. The minimum atomic E-state index is -0.787. The lowest BCUT2D eigenvalue weighted by Gasteiger charge is -2.33. The molecule has 0 aromatic heterocycles. The van der Waals surface area contributed by atoms with Crippen LogP contribution in [-0.2, 0) is 20.9 Å². The predicted molar refractivity (Wildman–Crippen MR) is 79.8 cm³/mol. The van der Waals surface area contributed by atoms with Gasteiger partial charge in [-0.2, -0.15) is 0 Å². The molecule has 0 saturated heterocycles. The first kappa shape index (κ1) is 15.5. The molecule has 1 amide bonds. The Morgan fingerprint density at radius 2 is 2.00 bits per heavy atom. The van der Waals surface area contributed by atoms with Gasteiger partial charge in [-0.3, -0.25) is 4.79 Å². The number of hydrogen-bond donors (Lipinski definition) is 1. The van der Waals surface area contributed by atoms with Crippen LogP contribution in [0, 0.1) is 11.2 Å². The number of ether oxygens (including phenoxy) is 1. The summed E-state index contributed by atoms with van der Waals surface area (Å²) in [6, 6.07) is 5.86. The van der Waals surface area contributed by atoms with Crippen molar-refractivity contribution in [1.29, 1.82) is 0 Å². The summed E-state index contributed by atoms with van der Waals surface area (Å²) >= 11 is 0. The number of amides is 1. The van der Waals surface area contributed by atoms with Crippen LogP contribution in [-0.4, -0.2) is 35.0 Å². The van der Waals surface area contributed by atoms with Gasteiger partial charge < -0.3 is 14.7 Å². The maximum absolute atomic E-state index is 13.0. The number of esters is 1. The Morgan fingerprint density at radius 3 is 2.57 bits per heavy atom. The number of aliphatic hydroxyl groups excluding tert-OH is 1. The van der Waals surface area contributed by atoms with Crippen LogP contribution in [0.15, 0.2) is 35.6 Å². The van der Waals surface area contributed by atoms with Crippen molar-refractivity contribution in [2.45, 2.75) is 26.3 Å². The first-order valence-electron chi connectivity index (χ1n) is 7.61. The number of benzene rings is 1. The van der Waals surface area contributed by atoms with Gasteiger partial charge in [-0.25, -0.2) is 9.18 Å². The Bertz CT molecular complexity index is 676. The predicted octanol–water partition coefficient (Wildman–Crippen LogP) is 2.32. The lowest BCUT2D eigenvalue weighted by atomic mass is 9.93. The van der Waals surface area contributed by atoms with Crippen molar-refractivity contribution < 1.29 is 23.8 Å². The standard InChI is InChI=1S/C17H18FNO4/c1-2-23-16(22)13-14(20)17(7-8-17)10-19(15(13)21)9-11-3-5-12(18)6-4-11/h3-6,20H,2,7-10H2,1H3. The van der Waals surface area contributed by atoms with E-state index in [2.05, 4.69) is 0 Å². The fourth-order valence-corrected chi connectivity index (χ4v) is 2.91. The molecule has 2 aliphatic rings. The van der Waals surface area contributed by atoms with Crippen LogP contribution in [0.25, 0.3) is 0 Å². The molecular formula is C17H18FNO4. The molecule has 0 unspecified atom stereocenters. The maximum atomic E-state index is 13.0. The first-order chi connectivity index (χ1) is 11.0. The first-order valence-corrected chi connectivity index (χ1v) is 7.61. The van der Waals surface area contributed by atoms with Crippen LogP contribution in [0.4, 0.5) is 4.39 Å². The van der Waals surface area contributed by atoms with Crippen molar-refractivity contribution in [3.05, 3.63) is 47.0 Å². The molecule has 6 heteroatoms. The van der Waals surface area contributed by atoms with Gasteiger partial charge in [0.15, 0.2) is 5.57 Å². The summed E-state index contributed by atoms with van der Waals surface area (Å²) in [5.41, 5.74) is -0.0198. The van der Waals surface area contributed by atoms with E-state index in [-0.39, 0.29) is 30.3 Å². The smallest absolute Gasteiger partial charge is 0.347 e. The zero-order valence-electron chi connectivity index (χ0n) is 12.8. The highest BCUT2D eigenvalue weighted by Crippen LogP contribution is 2.54. The minimum Gasteiger partial charge on any atom is -0.511 e. The zero-order chi connectivity index (χ0) is 16.6. The van der Waals surface area contributed by atoms with Crippen molar-refractivity contribution in [2.24, 2.45) is 5.41 Å². The normalized spacial score (nSPS) is 19.2. The average Bonchev–Trinajstić information content (AvgIpc) is 3.28. The third kappa shape index (κ3) is 2.81. The van der Waals surface area contributed by atoms with Gasteiger partial charge in [0.2, 0.25) is 0 Å². The molecule has 23 heavy (non-hydrogen) atoms. The number of hydrogen-bond acceptors (Lipinski definition) is 4. The molecule has 5 nitrogen and oxygen atoms in total. The average molecular weight is 319 g/mol. The second kappa shape index (κ2) is 5.68. The Kier molecular flexibility index (Phi) is 3.83. The molecule has 1 heterocycles. The molecule has 1 aromatic rings. The van der Waals surface area contributed by atoms with Crippen molar-refractivity contribution in [3.63, 3.8) is 0 Å². The summed E-state index contributed by atoms with van der Waals surface area (Å²) in [5, 5.41) is 10.3. The van der Waals surface area contributed by atoms with Crippen molar-refractivity contribution in [3.8, 4) is 0 Å². The molecule has 1 saturated carbocycles. The van der Waals surface area contributed by atoms with Crippen molar-refractivity contribution >= 4 is 11.9 Å². The van der Waals surface area contributed by atoms with Gasteiger partial charge in [0.05, 0.1) is 6.61 Å². The van der Waals surface area contributed by atoms with Crippen LogP contribution in [0.3, 0.4) is 0 Å². The molecule has 0 atom stereocenters. The number of carbonyl (C=O) groups excluding carboxylic acids is 2. The van der Waals surface area contributed by atoms with Crippen LogP contribution in [0.2, 0.25) is 0 Å². The molecule has 1 aliphatic heterocycles. The fraction of sp³-hybridized carbons (Fsp3) is 0.412. The van der Waals surface area contributed by atoms with Gasteiger partial charge in [-0.1, -0.05) is 12.1 Å². The summed E-state index contributed by atoms with van der Waals surface area (Å²) in [4.78, 5) is 26.1. The number of rotatable bonds is 4. The third-order valence-electron chi connectivity index (χ3n) is 4.35. The number of nitrogens with zero attached hydrogens (tertiary/aromatic N) is 1. The molecule has 1 fully saturated rings. The quantitative estimate of drug-likeness (QED) is 0.683. The Morgan fingerprint density at radius 1 is 1.35 bits per heavy atom. The SMILES string of the molecule is CCOC(=O)C1=C(O)C2(CC2)CN(Cc2ccc(F)cc2)C1=O. The van der Waals surface area contributed by atoms with Crippen molar-refractivity contribution in [1.82, 2.24) is 4.90 Å². The summed E-state index contributed by atoms with van der Waals surface area (Å²) in [6.45, 7) is 2.40. The van der Waals surface area contributed by atoms with Gasteiger partial charge in [0.1, 0.15) is 11.6 Å². The van der Waals surface area contributed by atoms with Crippen LogP contribution in [0.5, 0.6) is 0 Å². The minimum absolute atomic E-state index is 0.133. The lowest BCUT2D eigenvalue weighted by molar-refractivity contribution is -0.144. The molecule has 1 aromatic carbocycles. The number of carbonyl (C=O) groups is 2. The van der Waals surface area contributed by atoms with Crippen molar-refractivity contribution in [2.75, 3.05) is 13.2 Å². The molecule has 1 N–H and O–H groups in total. The van der Waals surface area contributed by atoms with Gasteiger partial charge >= 0.3 is 5.97 Å². The number of aliphatic hydroxyl groups is 1. The molecule has 122 valence electrons. The van der Waals surface area contributed by atoms with E-state index in [9.17, 15) is 19.1 Å². The molecule has 0 bridgehead atoms. The Balaban J connectivity index is 1.88. The topological polar surface area (TPSA) is 66.8 Å². The summed E-state index contributed by atoms with van der Waals surface area (Å²) in [6.07, 6.45) is 1.46.